The van der Waals surface area contributed by atoms with Crippen LogP contribution < -0.4 is 9.47 Å². The highest BCUT2D eigenvalue weighted by Gasteiger charge is 2.08. The van der Waals surface area contributed by atoms with Crippen molar-refractivity contribution in [1.29, 1.82) is 0 Å². The molecule has 0 amide bonds. The Kier molecular flexibility index (Phi) is 8.76. The number of ether oxygens (including phenoxy) is 3. The van der Waals surface area contributed by atoms with E-state index in [4.69, 9.17) is 14.2 Å². The minimum Gasteiger partial charge on any atom is -0.508 e. The van der Waals surface area contributed by atoms with Gasteiger partial charge in [-0.1, -0.05) is 84.9 Å². The van der Waals surface area contributed by atoms with Crippen molar-refractivity contribution in [3.63, 3.8) is 0 Å². The largest absolute Gasteiger partial charge is 0.508 e. The molecule has 0 fully saturated rings. The van der Waals surface area contributed by atoms with E-state index in [1.165, 1.54) is 6.08 Å². The van der Waals surface area contributed by atoms with Crippen LogP contribution in [0.4, 0.5) is 0 Å². The van der Waals surface area contributed by atoms with E-state index in [9.17, 15) is 9.90 Å². The highest BCUT2D eigenvalue weighted by atomic mass is 16.5. The zero-order valence-electron chi connectivity index (χ0n) is 19.9. The molecule has 0 aliphatic heterocycles. The number of para-hydroxylation sites is 1. The second-order valence-electron chi connectivity index (χ2n) is 8.13. The molecule has 0 saturated carbocycles. The molecule has 0 saturated heterocycles. The topological polar surface area (TPSA) is 65.0 Å². The molecule has 0 aromatic heterocycles. The number of hydrogen-bond acceptors (Lipinski definition) is 5. The lowest BCUT2D eigenvalue weighted by Gasteiger charge is -2.14. The molecule has 0 radical (unpaired) electrons. The second kappa shape index (κ2) is 12.8. The number of phenolic OH excluding ortho intramolecular Hbond substituents is 1. The van der Waals surface area contributed by atoms with Crippen LogP contribution in [0.3, 0.4) is 0 Å². The third-order valence-electron chi connectivity index (χ3n) is 5.46. The summed E-state index contributed by atoms with van der Waals surface area (Å²) in [5.41, 5.74) is 3.62. The van der Waals surface area contributed by atoms with Gasteiger partial charge in [0, 0.05) is 12.5 Å². The van der Waals surface area contributed by atoms with Crippen LogP contribution in [0.2, 0.25) is 0 Å². The van der Waals surface area contributed by atoms with Gasteiger partial charge in [-0.2, -0.15) is 0 Å². The average molecular weight is 481 g/mol. The van der Waals surface area contributed by atoms with E-state index >= 15 is 0 Å². The molecule has 0 bridgehead atoms. The van der Waals surface area contributed by atoms with Gasteiger partial charge in [-0.15, -0.1) is 0 Å². The monoisotopic (exact) mass is 480 g/mol. The lowest BCUT2D eigenvalue weighted by molar-refractivity contribution is -0.137. The summed E-state index contributed by atoms with van der Waals surface area (Å²) >= 11 is 0. The molecule has 4 rings (SSSR count). The van der Waals surface area contributed by atoms with Gasteiger partial charge in [0.2, 0.25) is 0 Å². The summed E-state index contributed by atoms with van der Waals surface area (Å²) in [5.74, 6) is 0.949. The van der Waals surface area contributed by atoms with Crippen molar-refractivity contribution >= 4 is 12.0 Å². The van der Waals surface area contributed by atoms with Crippen LogP contribution in [-0.4, -0.2) is 17.7 Å². The Balaban J connectivity index is 1.40. The molecular formula is C31H28O5. The van der Waals surface area contributed by atoms with Crippen LogP contribution in [0, 0.1) is 0 Å². The van der Waals surface area contributed by atoms with Gasteiger partial charge in [-0.05, 0) is 46.5 Å². The molecule has 1 N–H and O–H groups in total. The predicted octanol–water partition coefficient (Wildman–Crippen LogP) is 6.35. The minimum atomic E-state index is -0.457. The zero-order valence-corrected chi connectivity index (χ0v) is 19.9. The SMILES string of the molecule is O=C(/C=C/c1ccc(OCc2ccccc2)c(OCc2ccccc2)c1)OCCc1ccccc1O. The molecule has 0 aliphatic rings. The number of benzene rings is 4. The van der Waals surface area contributed by atoms with Gasteiger partial charge < -0.3 is 19.3 Å². The third-order valence-corrected chi connectivity index (χ3v) is 5.46. The van der Waals surface area contributed by atoms with E-state index in [0.717, 1.165) is 22.3 Å². The van der Waals surface area contributed by atoms with Crippen molar-refractivity contribution in [1.82, 2.24) is 0 Å². The summed E-state index contributed by atoms with van der Waals surface area (Å²) in [6, 6.07) is 32.4. The fourth-order valence-corrected chi connectivity index (χ4v) is 3.53. The Morgan fingerprint density at radius 3 is 2.00 bits per heavy atom. The van der Waals surface area contributed by atoms with E-state index in [2.05, 4.69) is 0 Å². The zero-order chi connectivity index (χ0) is 25.0. The summed E-state index contributed by atoms with van der Waals surface area (Å²) in [6.45, 7) is 0.990. The molecular weight excluding hydrogens is 452 g/mol. The molecule has 0 atom stereocenters. The third kappa shape index (κ3) is 7.50. The normalized spacial score (nSPS) is 10.8. The van der Waals surface area contributed by atoms with Crippen molar-refractivity contribution in [3.05, 3.63) is 131 Å². The van der Waals surface area contributed by atoms with Crippen LogP contribution in [0.25, 0.3) is 6.08 Å². The second-order valence-corrected chi connectivity index (χ2v) is 8.13. The van der Waals surface area contributed by atoms with E-state index in [-0.39, 0.29) is 12.4 Å². The number of phenols is 1. The van der Waals surface area contributed by atoms with Crippen molar-refractivity contribution in [2.24, 2.45) is 0 Å². The number of esters is 1. The van der Waals surface area contributed by atoms with Gasteiger partial charge in [0.25, 0.3) is 0 Å². The summed E-state index contributed by atoms with van der Waals surface area (Å²) in [5, 5.41) is 9.82. The Morgan fingerprint density at radius 2 is 1.33 bits per heavy atom. The maximum atomic E-state index is 12.2. The van der Waals surface area contributed by atoms with Gasteiger partial charge >= 0.3 is 5.97 Å². The maximum Gasteiger partial charge on any atom is 0.330 e. The first-order valence-electron chi connectivity index (χ1n) is 11.8. The number of hydrogen-bond donors (Lipinski definition) is 1. The number of carbonyl (C=O) groups excluding carboxylic acids is 1. The Labute approximate surface area is 211 Å². The molecule has 0 unspecified atom stereocenters. The summed E-state index contributed by atoms with van der Waals surface area (Å²) < 4.78 is 17.4. The van der Waals surface area contributed by atoms with Crippen molar-refractivity contribution in [3.8, 4) is 17.2 Å². The lowest BCUT2D eigenvalue weighted by atomic mass is 10.1. The fourth-order valence-electron chi connectivity index (χ4n) is 3.53. The molecule has 4 aromatic rings. The summed E-state index contributed by atoms with van der Waals surface area (Å²) in [4.78, 5) is 12.2. The molecule has 0 aliphatic carbocycles. The van der Waals surface area contributed by atoms with Gasteiger partial charge in [-0.3, -0.25) is 0 Å². The van der Waals surface area contributed by atoms with Crippen LogP contribution in [0.5, 0.6) is 17.2 Å². The van der Waals surface area contributed by atoms with Crippen LogP contribution in [0.1, 0.15) is 22.3 Å². The molecule has 182 valence electrons. The first-order chi connectivity index (χ1) is 17.7. The fraction of sp³-hybridized carbons (Fsp3) is 0.129. The lowest BCUT2D eigenvalue weighted by Crippen LogP contribution is -2.05. The smallest absolute Gasteiger partial charge is 0.330 e. The Morgan fingerprint density at radius 1 is 0.722 bits per heavy atom. The predicted molar refractivity (Wildman–Crippen MR) is 140 cm³/mol. The number of rotatable bonds is 11. The molecule has 5 nitrogen and oxygen atoms in total. The summed E-state index contributed by atoms with van der Waals surface area (Å²) in [6.07, 6.45) is 3.50. The quantitative estimate of drug-likeness (QED) is 0.200. The van der Waals surface area contributed by atoms with Crippen molar-refractivity contribution < 1.29 is 24.1 Å². The molecule has 0 heterocycles. The van der Waals surface area contributed by atoms with E-state index < -0.39 is 5.97 Å². The number of aromatic hydroxyl groups is 1. The maximum absolute atomic E-state index is 12.2. The first kappa shape index (κ1) is 24.6. The van der Waals surface area contributed by atoms with Crippen LogP contribution >= 0.6 is 0 Å². The minimum absolute atomic E-state index is 0.179. The van der Waals surface area contributed by atoms with Gasteiger partial charge in [0.1, 0.15) is 19.0 Å². The van der Waals surface area contributed by atoms with Crippen LogP contribution in [0.15, 0.2) is 109 Å². The van der Waals surface area contributed by atoms with Gasteiger partial charge in [-0.25, -0.2) is 4.79 Å². The molecule has 0 spiro atoms. The highest BCUT2D eigenvalue weighted by Crippen LogP contribution is 2.30. The summed E-state index contributed by atoms with van der Waals surface area (Å²) in [7, 11) is 0. The van der Waals surface area contributed by atoms with E-state index in [1.54, 1.807) is 24.3 Å². The Bertz CT molecular complexity index is 1280. The molecule has 4 aromatic carbocycles. The molecule has 5 heteroatoms. The average Bonchev–Trinajstić information content (AvgIpc) is 2.92. The van der Waals surface area contributed by atoms with E-state index in [1.807, 2.05) is 84.9 Å². The van der Waals surface area contributed by atoms with Crippen LogP contribution in [-0.2, 0) is 29.2 Å². The van der Waals surface area contributed by atoms with Crippen molar-refractivity contribution in [2.75, 3.05) is 6.61 Å². The first-order valence-corrected chi connectivity index (χ1v) is 11.8. The van der Waals surface area contributed by atoms with Gasteiger partial charge in [0.05, 0.1) is 6.61 Å². The number of carbonyl (C=O) groups is 1. The molecule has 36 heavy (non-hydrogen) atoms. The highest BCUT2D eigenvalue weighted by molar-refractivity contribution is 5.87. The van der Waals surface area contributed by atoms with Gasteiger partial charge in [0.15, 0.2) is 11.5 Å². The Hall–Kier alpha value is -4.51. The standard InChI is InChI=1S/C31H28O5/c32-28-14-8-7-13-27(28)19-20-34-31(33)18-16-24-15-17-29(35-22-25-9-3-1-4-10-25)30(21-24)36-23-26-11-5-2-6-12-26/h1-18,21,32H,19-20,22-23H2/b18-16+. The van der Waals surface area contributed by atoms with Crippen molar-refractivity contribution in [2.45, 2.75) is 19.6 Å². The van der Waals surface area contributed by atoms with E-state index in [0.29, 0.717) is 31.1 Å².